The minimum Gasteiger partial charge on any atom is -0.475 e. The average Bonchev–Trinajstić information content (AvgIpc) is 2.79. The van der Waals surface area contributed by atoms with Crippen LogP contribution in [0, 0.1) is 0 Å². The molecule has 0 fully saturated rings. The van der Waals surface area contributed by atoms with Crippen LogP contribution in [0.2, 0.25) is 0 Å². The highest BCUT2D eigenvalue weighted by atomic mass is 16.4. The van der Waals surface area contributed by atoms with E-state index in [1.807, 2.05) is 13.8 Å². The summed E-state index contributed by atoms with van der Waals surface area (Å²) < 4.78 is 5.10. The number of urea groups is 1. The number of carboxylic acids is 1. The third-order valence-electron chi connectivity index (χ3n) is 2.63. The average molecular weight is 254 g/mol. The monoisotopic (exact) mass is 254 g/mol. The first-order valence-corrected chi connectivity index (χ1v) is 5.81. The Balaban J connectivity index is 2.65. The molecule has 0 radical (unpaired) electrons. The summed E-state index contributed by atoms with van der Waals surface area (Å²) in [5.74, 6) is -0.775. The van der Waals surface area contributed by atoms with Gasteiger partial charge in [0.2, 0.25) is 5.76 Å². The first-order valence-electron chi connectivity index (χ1n) is 5.81. The summed E-state index contributed by atoms with van der Waals surface area (Å²) in [5, 5.41) is 8.72. The Morgan fingerprint density at radius 1 is 1.28 bits per heavy atom. The number of nitrogens with zero attached hydrogens (tertiary/aromatic N) is 2. The molecule has 6 heteroatoms. The van der Waals surface area contributed by atoms with Crippen LogP contribution in [-0.4, -0.2) is 47.0 Å². The number of furan rings is 1. The maximum Gasteiger partial charge on any atom is 0.371 e. The van der Waals surface area contributed by atoms with E-state index >= 15 is 0 Å². The van der Waals surface area contributed by atoms with Crippen molar-refractivity contribution in [2.75, 3.05) is 20.1 Å². The van der Waals surface area contributed by atoms with E-state index in [4.69, 9.17) is 9.52 Å². The van der Waals surface area contributed by atoms with Crippen molar-refractivity contribution in [2.45, 2.75) is 20.4 Å². The molecule has 1 rings (SSSR count). The van der Waals surface area contributed by atoms with Gasteiger partial charge in [0.15, 0.2) is 0 Å². The number of amides is 2. The fraction of sp³-hybridized carbons (Fsp3) is 0.500. The first-order chi connectivity index (χ1) is 8.49. The normalized spacial score (nSPS) is 10.2. The lowest BCUT2D eigenvalue weighted by atomic mass is 10.4. The number of carbonyl (C=O) groups is 2. The zero-order chi connectivity index (χ0) is 13.7. The molecule has 0 aliphatic rings. The molecule has 1 N–H and O–H groups in total. The predicted molar refractivity (Wildman–Crippen MR) is 65.5 cm³/mol. The van der Waals surface area contributed by atoms with E-state index in [1.54, 1.807) is 18.0 Å². The molecule has 0 atom stereocenters. The topological polar surface area (TPSA) is 74.0 Å². The maximum atomic E-state index is 11.9. The molecule has 6 nitrogen and oxygen atoms in total. The molecule has 0 spiro atoms. The van der Waals surface area contributed by atoms with Gasteiger partial charge in [-0.2, -0.15) is 0 Å². The molecule has 1 aromatic rings. The zero-order valence-electron chi connectivity index (χ0n) is 10.8. The molecule has 0 saturated carbocycles. The summed E-state index contributed by atoms with van der Waals surface area (Å²) in [4.78, 5) is 25.8. The van der Waals surface area contributed by atoms with Crippen molar-refractivity contribution in [3.05, 3.63) is 23.7 Å². The molecule has 100 valence electrons. The van der Waals surface area contributed by atoms with Gasteiger partial charge in [-0.3, -0.25) is 0 Å². The van der Waals surface area contributed by atoms with Crippen LogP contribution < -0.4 is 0 Å². The summed E-state index contributed by atoms with van der Waals surface area (Å²) >= 11 is 0. The maximum absolute atomic E-state index is 11.9. The molecular formula is C12H18N2O4. The Morgan fingerprint density at radius 3 is 2.33 bits per heavy atom. The molecule has 0 saturated heterocycles. The molecule has 1 heterocycles. The second-order valence-electron chi connectivity index (χ2n) is 3.88. The molecular weight excluding hydrogens is 236 g/mol. The van der Waals surface area contributed by atoms with Crippen molar-refractivity contribution < 1.29 is 19.1 Å². The molecule has 1 aromatic heterocycles. The Bertz CT molecular complexity index is 423. The third-order valence-corrected chi connectivity index (χ3v) is 2.63. The standard InChI is InChI=1S/C12H18N2O4/c1-4-14(5-2)12(17)13(3)8-9-6-7-10(18-9)11(15)16/h6-7H,4-5,8H2,1-3H3,(H,15,16). The van der Waals surface area contributed by atoms with Gasteiger partial charge in [0.05, 0.1) is 6.54 Å². The Morgan fingerprint density at radius 2 is 1.89 bits per heavy atom. The summed E-state index contributed by atoms with van der Waals surface area (Å²) in [6.45, 7) is 5.34. The number of hydrogen-bond acceptors (Lipinski definition) is 3. The second kappa shape index (κ2) is 6.09. The van der Waals surface area contributed by atoms with E-state index in [0.717, 1.165) is 0 Å². The molecule has 0 unspecified atom stereocenters. The molecule has 0 aromatic carbocycles. The second-order valence-corrected chi connectivity index (χ2v) is 3.88. The Kier molecular flexibility index (Phi) is 4.76. The van der Waals surface area contributed by atoms with Gasteiger partial charge >= 0.3 is 12.0 Å². The summed E-state index contributed by atoms with van der Waals surface area (Å²) in [6, 6.07) is 2.84. The van der Waals surface area contributed by atoms with Crippen molar-refractivity contribution in [1.82, 2.24) is 9.80 Å². The number of aromatic carboxylic acids is 1. The van der Waals surface area contributed by atoms with E-state index in [9.17, 15) is 9.59 Å². The van der Waals surface area contributed by atoms with E-state index in [2.05, 4.69) is 0 Å². The van der Waals surface area contributed by atoms with Crippen molar-refractivity contribution >= 4 is 12.0 Å². The van der Waals surface area contributed by atoms with Crippen LogP contribution >= 0.6 is 0 Å². The summed E-state index contributed by atoms with van der Waals surface area (Å²) in [5.41, 5.74) is 0. The molecule has 0 aliphatic heterocycles. The number of hydrogen-bond donors (Lipinski definition) is 1. The molecule has 0 bridgehead atoms. The Hall–Kier alpha value is -1.98. The lowest BCUT2D eigenvalue weighted by Crippen LogP contribution is -2.40. The largest absolute Gasteiger partial charge is 0.475 e. The summed E-state index contributed by atoms with van der Waals surface area (Å²) in [6.07, 6.45) is 0. The van der Waals surface area contributed by atoms with Gasteiger partial charge in [0.25, 0.3) is 0 Å². The fourth-order valence-corrected chi connectivity index (χ4v) is 1.61. The SMILES string of the molecule is CCN(CC)C(=O)N(C)Cc1ccc(C(=O)O)o1. The van der Waals surface area contributed by atoms with Gasteiger partial charge in [-0.05, 0) is 26.0 Å². The third kappa shape index (κ3) is 3.26. The Labute approximate surface area is 106 Å². The lowest BCUT2D eigenvalue weighted by Gasteiger charge is -2.25. The van der Waals surface area contributed by atoms with E-state index in [-0.39, 0.29) is 18.3 Å². The van der Waals surface area contributed by atoms with Crippen LogP contribution in [0.4, 0.5) is 4.79 Å². The first kappa shape index (κ1) is 14.1. The molecule has 0 aliphatic carbocycles. The number of rotatable bonds is 5. The van der Waals surface area contributed by atoms with Gasteiger partial charge in [0, 0.05) is 20.1 Å². The van der Waals surface area contributed by atoms with Crippen LogP contribution in [0.15, 0.2) is 16.5 Å². The highest BCUT2D eigenvalue weighted by Crippen LogP contribution is 2.11. The van der Waals surface area contributed by atoms with Gasteiger partial charge in [-0.25, -0.2) is 9.59 Å². The van der Waals surface area contributed by atoms with E-state index in [0.29, 0.717) is 18.8 Å². The van der Waals surface area contributed by atoms with E-state index in [1.165, 1.54) is 11.0 Å². The minimum absolute atomic E-state index is 0.103. The van der Waals surface area contributed by atoms with Gasteiger partial charge < -0.3 is 19.3 Å². The van der Waals surface area contributed by atoms with Gasteiger partial charge in [-0.15, -0.1) is 0 Å². The van der Waals surface area contributed by atoms with Crippen molar-refractivity contribution in [1.29, 1.82) is 0 Å². The smallest absolute Gasteiger partial charge is 0.371 e. The van der Waals surface area contributed by atoms with Gasteiger partial charge in [-0.1, -0.05) is 0 Å². The molecule has 2 amide bonds. The minimum atomic E-state index is -1.11. The van der Waals surface area contributed by atoms with Crippen molar-refractivity contribution in [2.24, 2.45) is 0 Å². The number of carbonyl (C=O) groups excluding carboxylic acids is 1. The quantitative estimate of drug-likeness (QED) is 0.870. The number of carboxylic acid groups (broad SMARTS) is 1. The lowest BCUT2D eigenvalue weighted by molar-refractivity contribution is 0.0659. The van der Waals surface area contributed by atoms with Gasteiger partial charge in [0.1, 0.15) is 5.76 Å². The van der Waals surface area contributed by atoms with E-state index < -0.39 is 5.97 Å². The summed E-state index contributed by atoms with van der Waals surface area (Å²) in [7, 11) is 1.66. The van der Waals surface area contributed by atoms with Crippen molar-refractivity contribution in [3.63, 3.8) is 0 Å². The molecule has 18 heavy (non-hydrogen) atoms. The van der Waals surface area contributed by atoms with Crippen LogP contribution in [0.25, 0.3) is 0 Å². The van der Waals surface area contributed by atoms with Crippen LogP contribution in [-0.2, 0) is 6.54 Å². The van der Waals surface area contributed by atoms with Crippen molar-refractivity contribution in [3.8, 4) is 0 Å². The zero-order valence-corrected chi connectivity index (χ0v) is 10.8. The predicted octanol–water partition coefficient (Wildman–Crippen LogP) is 1.87. The highest BCUT2D eigenvalue weighted by molar-refractivity contribution is 5.84. The highest BCUT2D eigenvalue weighted by Gasteiger charge is 2.17. The van der Waals surface area contributed by atoms with Crippen LogP contribution in [0.5, 0.6) is 0 Å². The van der Waals surface area contributed by atoms with Crippen LogP contribution in [0.1, 0.15) is 30.2 Å². The van der Waals surface area contributed by atoms with Crippen LogP contribution in [0.3, 0.4) is 0 Å². The fourth-order valence-electron chi connectivity index (χ4n) is 1.61.